The van der Waals surface area contributed by atoms with Crippen molar-refractivity contribution in [3.05, 3.63) is 60.2 Å². The fourth-order valence-electron chi connectivity index (χ4n) is 2.58. The molecule has 1 heterocycles. The highest BCUT2D eigenvalue weighted by Crippen LogP contribution is 2.36. The van der Waals surface area contributed by atoms with E-state index >= 15 is 0 Å². The molecule has 146 valence electrons. The topological polar surface area (TPSA) is 61.4 Å². The fourth-order valence-corrected chi connectivity index (χ4v) is 3.12. The van der Waals surface area contributed by atoms with E-state index in [4.69, 9.17) is 0 Å². The molecule has 3 amide bonds. The summed E-state index contributed by atoms with van der Waals surface area (Å²) in [5, 5.41) is 5.40. The molecule has 1 fully saturated rings. The van der Waals surface area contributed by atoms with Crippen LogP contribution < -0.4 is 15.5 Å². The number of alkyl halides is 3. The van der Waals surface area contributed by atoms with Crippen LogP contribution in [0.1, 0.15) is 5.56 Å². The SMILES string of the molecule is O=C(/C=C/c1ccc(SC(F)(F)F)cc1)Nc1ccc(N2CCNC2=O)cc1. The zero-order chi connectivity index (χ0) is 20.1. The molecule has 0 bridgehead atoms. The number of hydrogen-bond acceptors (Lipinski definition) is 3. The number of carbonyl (C=O) groups excluding carboxylic acids is 2. The van der Waals surface area contributed by atoms with Crippen LogP contribution in [0.25, 0.3) is 6.08 Å². The molecular weight excluding hydrogens is 391 g/mol. The molecule has 3 rings (SSSR count). The molecule has 0 aromatic heterocycles. The minimum atomic E-state index is -4.33. The van der Waals surface area contributed by atoms with Crippen LogP contribution in [0.15, 0.2) is 59.5 Å². The summed E-state index contributed by atoms with van der Waals surface area (Å²) in [6, 6.07) is 12.4. The van der Waals surface area contributed by atoms with Gasteiger partial charge in [0.25, 0.3) is 0 Å². The van der Waals surface area contributed by atoms with Gasteiger partial charge in [0, 0.05) is 35.4 Å². The van der Waals surface area contributed by atoms with E-state index < -0.39 is 5.51 Å². The lowest BCUT2D eigenvalue weighted by Gasteiger charge is -2.14. The van der Waals surface area contributed by atoms with Crippen LogP contribution in [-0.4, -0.2) is 30.5 Å². The van der Waals surface area contributed by atoms with Crippen molar-refractivity contribution >= 4 is 41.2 Å². The number of thioether (sulfide) groups is 1. The van der Waals surface area contributed by atoms with E-state index in [2.05, 4.69) is 10.6 Å². The van der Waals surface area contributed by atoms with Gasteiger partial charge in [-0.15, -0.1) is 0 Å². The summed E-state index contributed by atoms with van der Waals surface area (Å²) in [4.78, 5) is 25.3. The molecule has 0 radical (unpaired) electrons. The molecule has 2 aromatic rings. The molecule has 0 saturated carbocycles. The Labute approximate surface area is 163 Å². The third kappa shape index (κ3) is 5.53. The van der Waals surface area contributed by atoms with Crippen molar-refractivity contribution in [2.24, 2.45) is 0 Å². The molecule has 0 spiro atoms. The molecule has 1 saturated heterocycles. The van der Waals surface area contributed by atoms with E-state index in [9.17, 15) is 22.8 Å². The Morgan fingerprint density at radius 3 is 2.36 bits per heavy atom. The second kappa shape index (κ2) is 8.39. The monoisotopic (exact) mass is 407 g/mol. The number of nitrogens with one attached hydrogen (secondary N) is 2. The summed E-state index contributed by atoms with van der Waals surface area (Å²) in [7, 11) is 0. The van der Waals surface area contributed by atoms with Gasteiger partial charge in [0.1, 0.15) is 0 Å². The van der Waals surface area contributed by atoms with Crippen LogP contribution in [0.3, 0.4) is 0 Å². The minimum absolute atomic E-state index is 0.0841. The number of anilines is 2. The first-order valence-corrected chi connectivity index (χ1v) is 9.12. The Hall–Kier alpha value is -2.94. The van der Waals surface area contributed by atoms with Crippen molar-refractivity contribution < 1.29 is 22.8 Å². The van der Waals surface area contributed by atoms with Crippen LogP contribution >= 0.6 is 11.8 Å². The summed E-state index contributed by atoms with van der Waals surface area (Å²) < 4.78 is 36.9. The van der Waals surface area contributed by atoms with Crippen molar-refractivity contribution in [2.75, 3.05) is 23.3 Å². The van der Waals surface area contributed by atoms with Gasteiger partial charge in [-0.05, 0) is 59.8 Å². The van der Waals surface area contributed by atoms with E-state index in [1.54, 1.807) is 29.2 Å². The standard InChI is InChI=1S/C19H16F3N3O2S/c20-19(21,22)28-16-8-1-13(2-9-16)3-10-17(26)24-14-4-6-15(7-5-14)25-12-11-23-18(25)27/h1-10H,11-12H2,(H,23,27)(H,24,26)/b10-3+. The average molecular weight is 407 g/mol. The Morgan fingerprint density at radius 2 is 1.79 bits per heavy atom. The maximum Gasteiger partial charge on any atom is 0.446 e. The van der Waals surface area contributed by atoms with Gasteiger partial charge in [-0.3, -0.25) is 9.69 Å². The molecular formula is C19H16F3N3O2S. The van der Waals surface area contributed by atoms with Gasteiger partial charge >= 0.3 is 11.5 Å². The van der Waals surface area contributed by atoms with Gasteiger partial charge in [0.05, 0.1) is 0 Å². The number of halogens is 3. The molecule has 0 unspecified atom stereocenters. The number of nitrogens with zero attached hydrogens (tertiary/aromatic N) is 1. The molecule has 9 heteroatoms. The van der Waals surface area contributed by atoms with Gasteiger partial charge < -0.3 is 10.6 Å². The molecule has 28 heavy (non-hydrogen) atoms. The highest BCUT2D eigenvalue weighted by Gasteiger charge is 2.28. The quantitative estimate of drug-likeness (QED) is 0.568. The first-order chi connectivity index (χ1) is 13.3. The van der Waals surface area contributed by atoms with Gasteiger partial charge in [-0.25, -0.2) is 4.79 Å². The summed E-state index contributed by atoms with van der Waals surface area (Å²) >= 11 is -0.186. The summed E-state index contributed by atoms with van der Waals surface area (Å²) in [5.74, 6) is -0.375. The lowest BCUT2D eigenvalue weighted by molar-refractivity contribution is -0.111. The number of amides is 3. The maximum atomic E-state index is 12.3. The third-order valence-corrected chi connectivity index (χ3v) is 4.58. The normalized spacial score (nSPS) is 14.4. The molecule has 2 N–H and O–H groups in total. The minimum Gasteiger partial charge on any atom is -0.336 e. The smallest absolute Gasteiger partial charge is 0.336 e. The zero-order valence-electron chi connectivity index (χ0n) is 14.5. The van der Waals surface area contributed by atoms with Gasteiger partial charge in [-0.1, -0.05) is 12.1 Å². The average Bonchev–Trinajstić information content (AvgIpc) is 3.06. The van der Waals surface area contributed by atoms with E-state index in [1.807, 2.05) is 0 Å². The van der Waals surface area contributed by atoms with Crippen LogP contribution in [-0.2, 0) is 4.79 Å². The summed E-state index contributed by atoms with van der Waals surface area (Å²) in [6.45, 7) is 1.19. The summed E-state index contributed by atoms with van der Waals surface area (Å²) in [6.07, 6.45) is 2.81. The highest BCUT2D eigenvalue weighted by atomic mass is 32.2. The second-order valence-corrected chi connectivity index (χ2v) is 7.01. The molecule has 2 aromatic carbocycles. The maximum absolute atomic E-state index is 12.3. The van der Waals surface area contributed by atoms with Gasteiger partial charge in [0.15, 0.2) is 0 Å². The van der Waals surface area contributed by atoms with Gasteiger partial charge in [-0.2, -0.15) is 13.2 Å². The molecule has 0 atom stereocenters. The van der Waals surface area contributed by atoms with Crippen LogP contribution in [0.5, 0.6) is 0 Å². The van der Waals surface area contributed by atoms with Crippen molar-refractivity contribution in [3.8, 4) is 0 Å². The van der Waals surface area contributed by atoms with E-state index in [-0.39, 0.29) is 28.6 Å². The zero-order valence-corrected chi connectivity index (χ0v) is 15.3. The lowest BCUT2D eigenvalue weighted by atomic mass is 10.2. The Morgan fingerprint density at radius 1 is 1.11 bits per heavy atom. The Kier molecular flexibility index (Phi) is 5.93. The van der Waals surface area contributed by atoms with E-state index in [1.165, 1.54) is 36.4 Å². The van der Waals surface area contributed by atoms with Crippen molar-refractivity contribution in [1.82, 2.24) is 5.32 Å². The highest BCUT2D eigenvalue weighted by molar-refractivity contribution is 8.00. The predicted molar refractivity (Wildman–Crippen MR) is 103 cm³/mol. The first kappa shape index (κ1) is 19.8. The number of rotatable bonds is 5. The molecule has 1 aliphatic heterocycles. The van der Waals surface area contributed by atoms with E-state index in [0.717, 1.165) is 5.69 Å². The van der Waals surface area contributed by atoms with Crippen molar-refractivity contribution in [2.45, 2.75) is 10.4 Å². The predicted octanol–water partition coefficient (Wildman–Crippen LogP) is 4.48. The largest absolute Gasteiger partial charge is 0.446 e. The van der Waals surface area contributed by atoms with Crippen LogP contribution in [0, 0.1) is 0 Å². The fraction of sp³-hybridized carbons (Fsp3) is 0.158. The van der Waals surface area contributed by atoms with Crippen molar-refractivity contribution in [1.29, 1.82) is 0 Å². The number of benzene rings is 2. The van der Waals surface area contributed by atoms with Gasteiger partial charge in [0.2, 0.25) is 5.91 Å². The van der Waals surface area contributed by atoms with E-state index in [0.29, 0.717) is 24.3 Å². The number of urea groups is 1. The number of carbonyl (C=O) groups is 2. The second-order valence-electron chi connectivity index (χ2n) is 5.87. The molecule has 0 aliphatic carbocycles. The molecule has 1 aliphatic rings. The Balaban J connectivity index is 1.55. The van der Waals surface area contributed by atoms with Crippen LogP contribution in [0.4, 0.5) is 29.3 Å². The van der Waals surface area contributed by atoms with Crippen LogP contribution in [0.2, 0.25) is 0 Å². The van der Waals surface area contributed by atoms with Crippen molar-refractivity contribution in [3.63, 3.8) is 0 Å². The summed E-state index contributed by atoms with van der Waals surface area (Å²) in [5.41, 5.74) is -2.42. The molecule has 5 nitrogen and oxygen atoms in total. The number of hydrogen-bond donors (Lipinski definition) is 2. The Bertz CT molecular complexity index is 881. The third-order valence-electron chi connectivity index (χ3n) is 3.84. The first-order valence-electron chi connectivity index (χ1n) is 8.30. The lowest BCUT2D eigenvalue weighted by Crippen LogP contribution is -2.27.